The zero-order valence-corrected chi connectivity index (χ0v) is 18.2. The number of carbonyl (C=O) groups is 3. The predicted molar refractivity (Wildman–Crippen MR) is 119 cm³/mol. The number of aliphatic hydroxyl groups excluding tert-OH is 2. The maximum Gasteiger partial charge on any atom is 0.255 e. The molecule has 1 aromatic heterocycles. The fraction of sp³-hybridized carbons (Fsp3) is 0.280. The Labute approximate surface area is 193 Å². The van der Waals surface area contributed by atoms with Gasteiger partial charge in [-0.25, -0.2) is 0 Å². The van der Waals surface area contributed by atoms with Gasteiger partial charge in [0, 0.05) is 35.4 Å². The van der Waals surface area contributed by atoms with Crippen LogP contribution in [0.15, 0.2) is 47.4 Å². The molecule has 0 radical (unpaired) electrons. The number of phenolic OH excluding ortho intramolecular Hbond substituents is 1. The molecule has 9 nitrogen and oxygen atoms in total. The Hall–Kier alpha value is -3.98. The number of amides is 1. The van der Waals surface area contributed by atoms with Gasteiger partial charge in [-0.05, 0) is 48.9 Å². The Balaban J connectivity index is 1.70. The number of hydrogen-bond acceptors (Lipinski definition) is 8. The molecule has 5 rings (SSSR count). The molecule has 1 fully saturated rings. The molecule has 3 aliphatic carbocycles. The van der Waals surface area contributed by atoms with Crippen molar-refractivity contribution in [3.05, 3.63) is 64.2 Å². The molecule has 0 spiro atoms. The first-order valence-electron chi connectivity index (χ1n) is 10.8. The number of pyridine rings is 1. The maximum atomic E-state index is 13.5. The van der Waals surface area contributed by atoms with E-state index in [1.165, 1.54) is 6.07 Å². The number of primary amides is 1. The number of fused-ring (bicyclic) bond motifs is 3. The number of benzene rings is 1. The molecule has 1 amide bonds. The zero-order chi connectivity index (χ0) is 24.5. The first-order chi connectivity index (χ1) is 16.1. The second-order valence-electron chi connectivity index (χ2n) is 9.08. The van der Waals surface area contributed by atoms with Gasteiger partial charge in [-0.15, -0.1) is 0 Å². The summed E-state index contributed by atoms with van der Waals surface area (Å²) in [5.41, 5.74) is 4.63. The number of ketones is 2. The van der Waals surface area contributed by atoms with E-state index < -0.39 is 52.0 Å². The van der Waals surface area contributed by atoms with Crippen LogP contribution in [0.2, 0.25) is 0 Å². The lowest BCUT2D eigenvalue weighted by atomic mass is 9.59. The Morgan fingerprint density at radius 3 is 2.50 bits per heavy atom. The number of rotatable bonds is 2. The topological polar surface area (TPSA) is 171 Å². The first-order valence-corrected chi connectivity index (χ1v) is 10.8. The van der Waals surface area contributed by atoms with E-state index in [1.807, 2.05) is 19.1 Å². The molecule has 6 N–H and O–H groups in total. The average molecular weight is 462 g/mol. The van der Waals surface area contributed by atoms with Crippen molar-refractivity contribution in [1.82, 2.24) is 4.98 Å². The maximum absolute atomic E-state index is 13.5. The smallest absolute Gasteiger partial charge is 0.255 e. The van der Waals surface area contributed by atoms with Gasteiger partial charge in [0.05, 0.1) is 5.56 Å². The zero-order valence-electron chi connectivity index (χ0n) is 18.2. The van der Waals surface area contributed by atoms with Crippen molar-refractivity contribution in [2.45, 2.75) is 31.8 Å². The van der Waals surface area contributed by atoms with Crippen LogP contribution in [0.3, 0.4) is 0 Å². The van der Waals surface area contributed by atoms with Gasteiger partial charge in [-0.3, -0.25) is 19.4 Å². The van der Waals surface area contributed by atoms with Crippen LogP contribution in [0.1, 0.15) is 29.7 Å². The highest BCUT2D eigenvalue weighted by molar-refractivity contribution is 6.22. The van der Waals surface area contributed by atoms with Gasteiger partial charge in [0.2, 0.25) is 5.78 Å². The van der Waals surface area contributed by atoms with Gasteiger partial charge in [-0.1, -0.05) is 12.1 Å². The Bertz CT molecular complexity index is 1360. The molecule has 9 heteroatoms. The van der Waals surface area contributed by atoms with E-state index in [2.05, 4.69) is 4.98 Å². The molecule has 34 heavy (non-hydrogen) atoms. The third-order valence-corrected chi connectivity index (χ3v) is 7.17. The largest absolute Gasteiger partial charge is 0.508 e. The van der Waals surface area contributed by atoms with E-state index in [0.717, 1.165) is 16.8 Å². The highest BCUT2D eigenvalue weighted by Crippen LogP contribution is 2.52. The van der Waals surface area contributed by atoms with Gasteiger partial charge >= 0.3 is 0 Å². The third-order valence-electron chi connectivity index (χ3n) is 7.17. The summed E-state index contributed by atoms with van der Waals surface area (Å²) < 4.78 is 0. The molecule has 0 bridgehead atoms. The summed E-state index contributed by atoms with van der Waals surface area (Å²) in [6.45, 7) is 1.85. The van der Waals surface area contributed by atoms with Crippen LogP contribution >= 0.6 is 0 Å². The SMILES string of the molecule is Cc1ccc(-c2ccc(O)c3c2CC2CC4CC(=O)C(C(N)=O)=C(O)C4(O)C(=O)C2=C3O)cn1. The van der Waals surface area contributed by atoms with Crippen LogP contribution in [0.5, 0.6) is 5.75 Å². The molecule has 3 atom stereocenters. The molecule has 3 unspecified atom stereocenters. The lowest BCUT2D eigenvalue weighted by Gasteiger charge is -2.46. The second kappa shape index (κ2) is 7.26. The number of aromatic nitrogens is 1. The van der Waals surface area contributed by atoms with E-state index in [1.54, 1.807) is 12.3 Å². The number of hydrogen-bond donors (Lipinski definition) is 5. The summed E-state index contributed by atoms with van der Waals surface area (Å²) in [5, 5.41) is 43.6. The quantitative estimate of drug-likeness (QED) is 0.420. The predicted octanol–water partition coefficient (Wildman–Crippen LogP) is 1.79. The Kier molecular flexibility index (Phi) is 4.66. The van der Waals surface area contributed by atoms with E-state index in [0.29, 0.717) is 5.56 Å². The second-order valence-corrected chi connectivity index (χ2v) is 9.08. The number of aryl methyl sites for hydroxylation is 1. The molecular weight excluding hydrogens is 440 g/mol. The van der Waals surface area contributed by atoms with E-state index in [9.17, 15) is 34.8 Å². The molecule has 3 aliphatic rings. The number of carbonyl (C=O) groups excluding carboxylic acids is 3. The lowest BCUT2D eigenvalue weighted by molar-refractivity contribution is -0.147. The molecule has 174 valence electrons. The van der Waals surface area contributed by atoms with Gasteiger partial charge in [0.25, 0.3) is 5.91 Å². The van der Waals surface area contributed by atoms with E-state index in [-0.39, 0.29) is 36.1 Å². The minimum atomic E-state index is -2.57. The standard InChI is InChI=1S/C25H22N2O7/c1-10-2-3-11(9-27-10)14-4-5-16(28)19-15(14)7-12-6-13-8-17(29)20(24(26)33)23(32)25(13,34)22(31)18(12)21(19)30/h2-5,9,12-13,28,30,32,34H,6-8H2,1H3,(H2,26,33). The Morgan fingerprint density at radius 2 is 1.85 bits per heavy atom. The number of aliphatic hydroxyl groups is 3. The fourth-order valence-electron chi connectivity index (χ4n) is 5.52. The van der Waals surface area contributed by atoms with Crippen LogP contribution in [-0.4, -0.2) is 48.5 Å². The molecule has 1 saturated carbocycles. The van der Waals surface area contributed by atoms with Crippen molar-refractivity contribution >= 4 is 23.2 Å². The van der Waals surface area contributed by atoms with Crippen molar-refractivity contribution in [3.8, 4) is 16.9 Å². The lowest BCUT2D eigenvalue weighted by Crippen LogP contribution is -2.58. The van der Waals surface area contributed by atoms with Crippen molar-refractivity contribution in [2.75, 3.05) is 0 Å². The van der Waals surface area contributed by atoms with Crippen molar-refractivity contribution in [2.24, 2.45) is 17.6 Å². The van der Waals surface area contributed by atoms with Gasteiger partial charge in [-0.2, -0.15) is 0 Å². The molecule has 1 aromatic carbocycles. The van der Waals surface area contributed by atoms with Gasteiger partial charge in [0.15, 0.2) is 11.4 Å². The minimum absolute atomic E-state index is 0.0604. The summed E-state index contributed by atoms with van der Waals surface area (Å²) in [6.07, 6.45) is 1.66. The van der Waals surface area contributed by atoms with Crippen LogP contribution in [-0.2, 0) is 20.8 Å². The highest BCUT2D eigenvalue weighted by atomic mass is 16.3. The van der Waals surface area contributed by atoms with E-state index in [4.69, 9.17) is 5.73 Å². The molecule has 2 aromatic rings. The van der Waals surface area contributed by atoms with Gasteiger partial charge in [0.1, 0.15) is 22.8 Å². The number of Topliss-reactive ketones (excluding diaryl/α,β-unsaturated/α-hetero) is 2. The van der Waals surface area contributed by atoms with E-state index >= 15 is 0 Å². The first kappa shape index (κ1) is 21.8. The monoisotopic (exact) mass is 462 g/mol. The summed E-state index contributed by atoms with van der Waals surface area (Å²) >= 11 is 0. The molecule has 0 saturated heterocycles. The van der Waals surface area contributed by atoms with Crippen molar-refractivity contribution in [3.63, 3.8) is 0 Å². The number of aromatic hydroxyl groups is 1. The normalized spacial score (nSPS) is 26.2. The highest BCUT2D eigenvalue weighted by Gasteiger charge is 2.60. The van der Waals surface area contributed by atoms with Crippen LogP contribution in [0.25, 0.3) is 16.9 Å². The molecule has 1 heterocycles. The fourth-order valence-corrected chi connectivity index (χ4v) is 5.52. The van der Waals surface area contributed by atoms with Crippen molar-refractivity contribution < 1.29 is 34.8 Å². The third kappa shape index (κ3) is 2.83. The summed E-state index contributed by atoms with van der Waals surface area (Å²) in [4.78, 5) is 42.0. The minimum Gasteiger partial charge on any atom is -0.508 e. The molecular formula is C25H22N2O7. The summed E-state index contributed by atoms with van der Waals surface area (Å²) in [6, 6.07) is 6.81. The van der Waals surface area contributed by atoms with Crippen LogP contribution in [0.4, 0.5) is 0 Å². The van der Waals surface area contributed by atoms with Crippen molar-refractivity contribution in [1.29, 1.82) is 0 Å². The number of nitrogens with two attached hydrogens (primary N) is 1. The van der Waals surface area contributed by atoms with Crippen LogP contribution in [0, 0.1) is 18.8 Å². The summed E-state index contributed by atoms with van der Waals surface area (Å²) in [5.74, 6) is -6.43. The number of nitrogens with zero attached hydrogens (tertiary/aromatic N) is 1. The van der Waals surface area contributed by atoms with Crippen LogP contribution < -0.4 is 5.73 Å². The number of phenols is 1. The Morgan fingerprint density at radius 1 is 1.12 bits per heavy atom. The molecule has 0 aliphatic heterocycles. The summed E-state index contributed by atoms with van der Waals surface area (Å²) in [7, 11) is 0. The average Bonchev–Trinajstić information content (AvgIpc) is 2.77. The van der Waals surface area contributed by atoms with Gasteiger partial charge < -0.3 is 26.2 Å².